The van der Waals surface area contributed by atoms with Crippen molar-refractivity contribution in [1.82, 2.24) is 5.32 Å². The summed E-state index contributed by atoms with van der Waals surface area (Å²) >= 11 is 8.25. The Labute approximate surface area is 138 Å². The van der Waals surface area contributed by atoms with Gasteiger partial charge in [0.25, 0.3) is 0 Å². The summed E-state index contributed by atoms with van der Waals surface area (Å²) in [5, 5.41) is 5.11. The second-order valence-electron chi connectivity index (χ2n) is 5.60. The SMILES string of the molecule is CCNC(CSC1CCCCC1)c1ccc(Cl)c(OC)c1. The van der Waals surface area contributed by atoms with Crippen molar-refractivity contribution >= 4 is 23.4 Å². The zero-order chi connectivity index (χ0) is 15.1. The van der Waals surface area contributed by atoms with Gasteiger partial charge in [-0.3, -0.25) is 0 Å². The molecule has 1 aromatic carbocycles. The summed E-state index contributed by atoms with van der Waals surface area (Å²) in [6.45, 7) is 3.13. The van der Waals surface area contributed by atoms with Gasteiger partial charge in [-0.25, -0.2) is 0 Å². The number of halogens is 1. The predicted octanol–water partition coefficient (Wildman–Crippen LogP) is 5.07. The monoisotopic (exact) mass is 327 g/mol. The third-order valence-electron chi connectivity index (χ3n) is 4.08. The Balaban J connectivity index is 2.00. The fourth-order valence-corrected chi connectivity index (χ4v) is 4.51. The van der Waals surface area contributed by atoms with Gasteiger partial charge in [-0.05, 0) is 37.1 Å². The highest BCUT2D eigenvalue weighted by molar-refractivity contribution is 7.99. The summed E-state index contributed by atoms with van der Waals surface area (Å²) in [6, 6.07) is 6.48. The maximum Gasteiger partial charge on any atom is 0.137 e. The smallest absolute Gasteiger partial charge is 0.137 e. The van der Waals surface area contributed by atoms with Crippen LogP contribution in [-0.2, 0) is 0 Å². The van der Waals surface area contributed by atoms with Gasteiger partial charge in [-0.2, -0.15) is 11.8 Å². The molecule has 118 valence electrons. The van der Waals surface area contributed by atoms with Crippen LogP contribution in [0.3, 0.4) is 0 Å². The second-order valence-corrected chi connectivity index (χ2v) is 7.34. The van der Waals surface area contributed by atoms with Crippen molar-refractivity contribution in [3.8, 4) is 5.75 Å². The lowest BCUT2D eigenvalue weighted by Gasteiger charge is -2.25. The van der Waals surface area contributed by atoms with E-state index >= 15 is 0 Å². The molecule has 1 aromatic rings. The molecule has 1 aliphatic carbocycles. The first kappa shape index (κ1) is 17.0. The number of methoxy groups -OCH3 is 1. The van der Waals surface area contributed by atoms with Crippen LogP contribution in [-0.4, -0.2) is 24.7 Å². The van der Waals surface area contributed by atoms with Crippen LogP contribution in [0.15, 0.2) is 18.2 Å². The van der Waals surface area contributed by atoms with Crippen LogP contribution < -0.4 is 10.1 Å². The van der Waals surface area contributed by atoms with Gasteiger partial charge in [0.2, 0.25) is 0 Å². The normalized spacial score (nSPS) is 17.7. The first-order chi connectivity index (χ1) is 10.2. The van der Waals surface area contributed by atoms with E-state index in [2.05, 4.69) is 36.1 Å². The summed E-state index contributed by atoms with van der Waals surface area (Å²) in [6.07, 6.45) is 6.99. The van der Waals surface area contributed by atoms with Gasteiger partial charge < -0.3 is 10.1 Å². The lowest BCUT2D eigenvalue weighted by atomic mass is 10.0. The molecule has 1 N–H and O–H groups in total. The van der Waals surface area contributed by atoms with E-state index in [9.17, 15) is 0 Å². The van der Waals surface area contributed by atoms with Gasteiger partial charge in [-0.1, -0.05) is 43.9 Å². The van der Waals surface area contributed by atoms with Crippen molar-refractivity contribution in [1.29, 1.82) is 0 Å². The first-order valence-electron chi connectivity index (χ1n) is 7.93. The quantitative estimate of drug-likeness (QED) is 0.755. The van der Waals surface area contributed by atoms with Crippen LogP contribution in [0.25, 0.3) is 0 Å². The first-order valence-corrected chi connectivity index (χ1v) is 9.35. The van der Waals surface area contributed by atoms with Crippen molar-refractivity contribution in [2.45, 2.75) is 50.3 Å². The molecule has 4 heteroatoms. The van der Waals surface area contributed by atoms with Crippen LogP contribution >= 0.6 is 23.4 Å². The lowest BCUT2D eigenvalue weighted by Crippen LogP contribution is -2.24. The minimum atomic E-state index is 0.369. The topological polar surface area (TPSA) is 21.3 Å². The van der Waals surface area contributed by atoms with Crippen LogP contribution in [0.1, 0.15) is 50.6 Å². The Morgan fingerprint density at radius 1 is 1.33 bits per heavy atom. The molecule has 2 nitrogen and oxygen atoms in total. The predicted molar refractivity (Wildman–Crippen MR) is 93.8 cm³/mol. The summed E-state index contributed by atoms with van der Waals surface area (Å²) in [7, 11) is 1.67. The third kappa shape index (κ3) is 5.08. The molecule has 0 heterocycles. The molecular formula is C17H26ClNOS. The minimum absolute atomic E-state index is 0.369. The fraction of sp³-hybridized carbons (Fsp3) is 0.647. The van der Waals surface area contributed by atoms with Crippen molar-refractivity contribution in [3.63, 3.8) is 0 Å². The molecule has 1 aliphatic rings. The third-order valence-corrected chi connectivity index (χ3v) is 5.86. The Kier molecular flexibility index (Phi) is 7.21. The number of hydrogen-bond acceptors (Lipinski definition) is 3. The van der Waals surface area contributed by atoms with E-state index in [4.69, 9.17) is 16.3 Å². The highest BCUT2D eigenvalue weighted by Crippen LogP contribution is 2.33. The van der Waals surface area contributed by atoms with E-state index in [1.807, 2.05) is 6.07 Å². The van der Waals surface area contributed by atoms with Gasteiger partial charge in [0, 0.05) is 17.0 Å². The van der Waals surface area contributed by atoms with E-state index in [-0.39, 0.29) is 0 Å². The Morgan fingerprint density at radius 3 is 2.76 bits per heavy atom. The molecule has 0 spiro atoms. The maximum atomic E-state index is 6.13. The van der Waals surface area contributed by atoms with Gasteiger partial charge in [0.15, 0.2) is 0 Å². The fourth-order valence-electron chi connectivity index (χ4n) is 2.88. The van der Waals surface area contributed by atoms with Crippen LogP contribution in [0, 0.1) is 0 Å². The number of rotatable bonds is 7. The summed E-state index contributed by atoms with van der Waals surface area (Å²) < 4.78 is 5.34. The largest absolute Gasteiger partial charge is 0.495 e. The van der Waals surface area contributed by atoms with Gasteiger partial charge in [0.1, 0.15) is 5.75 Å². The molecular weight excluding hydrogens is 302 g/mol. The summed E-state index contributed by atoms with van der Waals surface area (Å²) in [5.74, 6) is 1.88. The lowest BCUT2D eigenvalue weighted by molar-refractivity contribution is 0.413. The summed E-state index contributed by atoms with van der Waals surface area (Å²) in [5.41, 5.74) is 1.27. The molecule has 0 saturated heterocycles. The van der Waals surface area contributed by atoms with Crippen LogP contribution in [0.4, 0.5) is 0 Å². The van der Waals surface area contributed by atoms with E-state index in [0.29, 0.717) is 11.1 Å². The number of hydrogen-bond donors (Lipinski definition) is 1. The number of benzene rings is 1. The van der Waals surface area contributed by atoms with E-state index in [1.165, 1.54) is 37.7 Å². The molecule has 0 aromatic heterocycles. The van der Waals surface area contributed by atoms with Crippen LogP contribution in [0.5, 0.6) is 5.75 Å². The molecule has 0 radical (unpaired) electrons. The molecule has 0 bridgehead atoms. The minimum Gasteiger partial charge on any atom is -0.495 e. The average molecular weight is 328 g/mol. The van der Waals surface area contributed by atoms with E-state index < -0.39 is 0 Å². The zero-order valence-electron chi connectivity index (χ0n) is 13.0. The van der Waals surface area contributed by atoms with E-state index in [0.717, 1.165) is 23.3 Å². The highest BCUT2D eigenvalue weighted by Gasteiger charge is 2.18. The van der Waals surface area contributed by atoms with Crippen molar-refractivity contribution in [2.75, 3.05) is 19.4 Å². The van der Waals surface area contributed by atoms with Crippen molar-refractivity contribution in [3.05, 3.63) is 28.8 Å². The Hall–Kier alpha value is -0.380. The van der Waals surface area contributed by atoms with Gasteiger partial charge in [0.05, 0.1) is 12.1 Å². The molecule has 1 fully saturated rings. The molecule has 0 aliphatic heterocycles. The summed E-state index contributed by atoms with van der Waals surface area (Å²) in [4.78, 5) is 0. The molecule has 1 saturated carbocycles. The molecule has 1 unspecified atom stereocenters. The average Bonchev–Trinajstić information content (AvgIpc) is 2.53. The van der Waals surface area contributed by atoms with Gasteiger partial charge >= 0.3 is 0 Å². The zero-order valence-corrected chi connectivity index (χ0v) is 14.6. The van der Waals surface area contributed by atoms with Crippen molar-refractivity contribution in [2.24, 2.45) is 0 Å². The Morgan fingerprint density at radius 2 is 2.10 bits per heavy atom. The van der Waals surface area contributed by atoms with Gasteiger partial charge in [-0.15, -0.1) is 0 Å². The maximum absolute atomic E-state index is 6.13. The second kappa shape index (κ2) is 8.92. The number of ether oxygens (including phenoxy) is 1. The standard InChI is InChI=1S/C17H26ClNOS/c1-3-19-16(12-21-14-7-5-4-6-8-14)13-9-10-15(18)17(11-13)20-2/h9-11,14,16,19H,3-8,12H2,1-2H3. The number of thioether (sulfide) groups is 1. The molecule has 1 atom stereocenters. The molecule has 0 amide bonds. The number of nitrogens with one attached hydrogen (secondary N) is 1. The van der Waals surface area contributed by atoms with Crippen LogP contribution in [0.2, 0.25) is 5.02 Å². The molecule has 21 heavy (non-hydrogen) atoms. The molecule has 2 rings (SSSR count). The van der Waals surface area contributed by atoms with E-state index in [1.54, 1.807) is 7.11 Å². The Bertz CT molecular complexity index is 435. The van der Waals surface area contributed by atoms with Crippen molar-refractivity contribution < 1.29 is 4.74 Å². The highest BCUT2D eigenvalue weighted by atomic mass is 35.5.